The Morgan fingerprint density at radius 1 is 1.13 bits per heavy atom. The van der Waals surface area contributed by atoms with Crippen molar-refractivity contribution in [3.63, 3.8) is 0 Å². The van der Waals surface area contributed by atoms with Crippen LogP contribution in [0.25, 0.3) is 10.2 Å². The number of thiazole rings is 1. The first-order valence-corrected chi connectivity index (χ1v) is 11.8. The lowest BCUT2D eigenvalue weighted by Gasteiger charge is -2.31. The molecule has 0 unspecified atom stereocenters. The van der Waals surface area contributed by atoms with E-state index in [0.717, 1.165) is 42.3 Å². The smallest absolute Gasteiger partial charge is 0.257 e. The third-order valence-corrected chi connectivity index (χ3v) is 6.94. The number of para-hydroxylation sites is 1. The van der Waals surface area contributed by atoms with E-state index in [1.165, 1.54) is 10.3 Å². The van der Waals surface area contributed by atoms with Crippen molar-refractivity contribution < 1.29 is 9.53 Å². The quantitative estimate of drug-likeness (QED) is 0.589. The van der Waals surface area contributed by atoms with Gasteiger partial charge in [0.2, 0.25) is 0 Å². The summed E-state index contributed by atoms with van der Waals surface area (Å²) in [6.45, 7) is 9.27. The average molecular weight is 438 g/mol. The van der Waals surface area contributed by atoms with Crippen molar-refractivity contribution in [2.24, 2.45) is 5.92 Å². The van der Waals surface area contributed by atoms with E-state index in [4.69, 9.17) is 9.72 Å². The van der Waals surface area contributed by atoms with Gasteiger partial charge >= 0.3 is 0 Å². The van der Waals surface area contributed by atoms with Crippen molar-refractivity contribution in [2.45, 2.75) is 39.0 Å². The highest BCUT2D eigenvalue weighted by Gasteiger charge is 2.22. The van der Waals surface area contributed by atoms with E-state index in [-0.39, 0.29) is 17.9 Å². The van der Waals surface area contributed by atoms with Crippen LogP contribution in [-0.2, 0) is 10.2 Å². The van der Waals surface area contributed by atoms with E-state index in [2.05, 4.69) is 61.3 Å². The molecule has 2 heterocycles. The van der Waals surface area contributed by atoms with Gasteiger partial charge in [0.05, 0.1) is 10.2 Å². The fourth-order valence-electron chi connectivity index (χ4n) is 3.83. The van der Waals surface area contributed by atoms with E-state index in [0.29, 0.717) is 12.5 Å². The second-order valence-electron chi connectivity index (χ2n) is 9.26. The second kappa shape index (κ2) is 9.27. The van der Waals surface area contributed by atoms with Crippen molar-refractivity contribution in [1.29, 1.82) is 0 Å². The first kappa shape index (κ1) is 21.6. The van der Waals surface area contributed by atoms with Crippen molar-refractivity contribution in [1.82, 2.24) is 10.3 Å². The summed E-state index contributed by atoms with van der Waals surface area (Å²) in [4.78, 5) is 19.3. The summed E-state index contributed by atoms with van der Waals surface area (Å²) in [5.74, 6) is 1.17. The Balaban J connectivity index is 1.18. The predicted octanol–water partition coefficient (Wildman–Crippen LogP) is 5.01. The topological polar surface area (TPSA) is 54.5 Å². The Hall–Kier alpha value is -2.60. The number of amides is 1. The summed E-state index contributed by atoms with van der Waals surface area (Å²) in [5, 5.41) is 4.14. The molecule has 1 amide bonds. The molecular weight excluding hydrogens is 406 g/mol. The summed E-state index contributed by atoms with van der Waals surface area (Å²) in [5.41, 5.74) is 2.44. The average Bonchev–Trinajstić information content (AvgIpc) is 3.20. The molecule has 1 fully saturated rings. The Kier molecular flexibility index (Phi) is 6.46. The van der Waals surface area contributed by atoms with Gasteiger partial charge in [0, 0.05) is 19.6 Å². The minimum absolute atomic E-state index is 0.0550. The molecule has 31 heavy (non-hydrogen) atoms. The van der Waals surface area contributed by atoms with Crippen molar-refractivity contribution in [3.8, 4) is 5.75 Å². The fourth-order valence-corrected chi connectivity index (χ4v) is 4.85. The molecule has 0 aliphatic carbocycles. The van der Waals surface area contributed by atoms with E-state index in [1.54, 1.807) is 11.3 Å². The molecule has 4 rings (SSSR count). The van der Waals surface area contributed by atoms with Gasteiger partial charge in [0.25, 0.3) is 5.91 Å². The number of hydrogen-bond donors (Lipinski definition) is 1. The van der Waals surface area contributed by atoms with Crippen LogP contribution in [0.5, 0.6) is 5.75 Å². The molecule has 5 nitrogen and oxygen atoms in total. The lowest BCUT2D eigenvalue weighted by molar-refractivity contribution is -0.123. The maximum atomic E-state index is 12.2. The van der Waals surface area contributed by atoms with Gasteiger partial charge in [-0.05, 0) is 54.0 Å². The molecule has 0 atom stereocenters. The van der Waals surface area contributed by atoms with Crippen LogP contribution in [0.4, 0.5) is 5.13 Å². The number of aromatic nitrogens is 1. The largest absolute Gasteiger partial charge is 0.484 e. The minimum atomic E-state index is -0.0616. The summed E-state index contributed by atoms with van der Waals surface area (Å²) in [6.07, 6.45) is 2.12. The van der Waals surface area contributed by atoms with Crippen molar-refractivity contribution in [3.05, 3.63) is 54.1 Å². The van der Waals surface area contributed by atoms with Gasteiger partial charge in [-0.2, -0.15) is 0 Å². The molecule has 2 aromatic carbocycles. The molecule has 1 aromatic heterocycles. The maximum Gasteiger partial charge on any atom is 0.257 e. The Morgan fingerprint density at radius 2 is 1.84 bits per heavy atom. The van der Waals surface area contributed by atoms with Crippen LogP contribution in [0.2, 0.25) is 0 Å². The predicted molar refractivity (Wildman–Crippen MR) is 128 cm³/mol. The van der Waals surface area contributed by atoms with E-state index < -0.39 is 0 Å². The SMILES string of the molecule is CC(C)(C)c1ccc(OCC(=O)NCC2CCN(c3nc4ccccc4s3)CC2)cc1. The van der Waals surface area contributed by atoms with Gasteiger partial charge in [0.1, 0.15) is 5.75 Å². The molecular formula is C25H31N3O2S. The first-order chi connectivity index (χ1) is 14.9. The van der Waals surface area contributed by atoms with Gasteiger partial charge in [-0.3, -0.25) is 4.79 Å². The summed E-state index contributed by atoms with van der Waals surface area (Å²) in [6, 6.07) is 16.3. The highest BCUT2D eigenvalue weighted by Crippen LogP contribution is 2.31. The number of anilines is 1. The van der Waals surface area contributed by atoms with Crippen LogP contribution in [0.1, 0.15) is 39.2 Å². The third kappa shape index (κ3) is 5.56. The molecule has 3 aromatic rings. The molecule has 0 radical (unpaired) electrons. The Labute approximate surface area is 188 Å². The second-order valence-corrected chi connectivity index (χ2v) is 10.3. The number of piperidine rings is 1. The summed E-state index contributed by atoms with van der Waals surface area (Å²) in [7, 11) is 0. The fraction of sp³-hybridized carbons (Fsp3) is 0.440. The molecule has 1 aliphatic heterocycles. The van der Waals surface area contributed by atoms with Gasteiger partial charge in [-0.15, -0.1) is 0 Å². The van der Waals surface area contributed by atoms with Crippen molar-refractivity contribution >= 4 is 32.6 Å². The van der Waals surface area contributed by atoms with Crippen LogP contribution in [0, 0.1) is 5.92 Å². The van der Waals surface area contributed by atoms with Crippen LogP contribution in [-0.4, -0.2) is 37.1 Å². The molecule has 1 saturated heterocycles. The van der Waals surface area contributed by atoms with Crippen LogP contribution < -0.4 is 15.0 Å². The van der Waals surface area contributed by atoms with Gasteiger partial charge < -0.3 is 15.0 Å². The molecule has 0 saturated carbocycles. The highest BCUT2D eigenvalue weighted by molar-refractivity contribution is 7.22. The lowest BCUT2D eigenvalue weighted by Crippen LogP contribution is -2.39. The normalized spacial score (nSPS) is 15.3. The number of rotatable bonds is 6. The number of nitrogens with one attached hydrogen (secondary N) is 1. The zero-order valence-corrected chi connectivity index (χ0v) is 19.4. The number of benzene rings is 2. The standard InChI is InChI=1S/C25H31N3O2S/c1-25(2,3)19-8-10-20(11-9-19)30-17-23(29)26-16-18-12-14-28(15-13-18)24-27-21-6-4-5-7-22(21)31-24/h4-11,18H,12-17H2,1-3H3,(H,26,29). The monoisotopic (exact) mass is 437 g/mol. The molecule has 164 valence electrons. The Bertz CT molecular complexity index is 982. The first-order valence-electron chi connectivity index (χ1n) is 11.0. The van der Waals surface area contributed by atoms with Gasteiger partial charge in [-0.1, -0.05) is 56.4 Å². The highest BCUT2D eigenvalue weighted by atomic mass is 32.1. The zero-order valence-electron chi connectivity index (χ0n) is 18.6. The molecule has 6 heteroatoms. The molecule has 1 N–H and O–H groups in total. The number of fused-ring (bicyclic) bond motifs is 1. The number of carbonyl (C=O) groups excluding carboxylic acids is 1. The van der Waals surface area contributed by atoms with Crippen LogP contribution in [0.3, 0.4) is 0 Å². The van der Waals surface area contributed by atoms with E-state index in [1.807, 2.05) is 18.2 Å². The number of ether oxygens (including phenoxy) is 1. The van der Waals surface area contributed by atoms with Gasteiger partial charge in [0.15, 0.2) is 11.7 Å². The van der Waals surface area contributed by atoms with E-state index in [9.17, 15) is 4.79 Å². The molecule has 1 aliphatic rings. The van der Waals surface area contributed by atoms with Crippen molar-refractivity contribution in [2.75, 3.05) is 31.1 Å². The lowest BCUT2D eigenvalue weighted by atomic mass is 9.87. The minimum Gasteiger partial charge on any atom is -0.484 e. The maximum absolute atomic E-state index is 12.2. The summed E-state index contributed by atoms with van der Waals surface area (Å²) >= 11 is 1.76. The van der Waals surface area contributed by atoms with Gasteiger partial charge in [-0.25, -0.2) is 4.98 Å². The van der Waals surface area contributed by atoms with E-state index >= 15 is 0 Å². The zero-order chi connectivity index (χ0) is 21.8. The van der Waals surface area contributed by atoms with Crippen LogP contribution in [0.15, 0.2) is 48.5 Å². The number of carbonyl (C=O) groups is 1. The number of nitrogens with zero attached hydrogens (tertiary/aromatic N) is 2. The summed E-state index contributed by atoms with van der Waals surface area (Å²) < 4.78 is 6.89. The third-order valence-electron chi connectivity index (χ3n) is 5.85. The number of hydrogen-bond acceptors (Lipinski definition) is 5. The molecule has 0 bridgehead atoms. The Morgan fingerprint density at radius 3 is 2.52 bits per heavy atom. The van der Waals surface area contributed by atoms with Crippen LogP contribution >= 0.6 is 11.3 Å². The molecule has 0 spiro atoms.